The van der Waals surface area contributed by atoms with Crippen molar-refractivity contribution in [2.24, 2.45) is 5.92 Å². The minimum atomic E-state index is -3.69. The van der Waals surface area contributed by atoms with Gasteiger partial charge < -0.3 is 10.2 Å². The van der Waals surface area contributed by atoms with Gasteiger partial charge in [-0.2, -0.15) is 0 Å². The first-order chi connectivity index (χ1) is 16.2. The van der Waals surface area contributed by atoms with E-state index >= 15 is 0 Å². The van der Waals surface area contributed by atoms with Gasteiger partial charge >= 0.3 is 0 Å². The number of hydrogen-bond acceptors (Lipinski definition) is 4. The molecule has 1 atom stereocenters. The lowest BCUT2D eigenvalue weighted by Crippen LogP contribution is -2.41. The normalized spacial score (nSPS) is 21.9. The first-order valence-corrected chi connectivity index (χ1v) is 13.2. The van der Waals surface area contributed by atoms with Crippen molar-refractivity contribution in [3.05, 3.63) is 59.9 Å². The number of nitrogens with one attached hydrogen (secondary N) is 2. The Bertz CT molecular complexity index is 1130. The van der Waals surface area contributed by atoms with Crippen LogP contribution < -0.4 is 14.9 Å². The Morgan fingerprint density at radius 2 is 1.68 bits per heavy atom. The fourth-order valence-electron chi connectivity index (χ4n) is 4.65. The van der Waals surface area contributed by atoms with Gasteiger partial charge in [0.25, 0.3) is 0 Å². The van der Waals surface area contributed by atoms with Crippen molar-refractivity contribution in [1.29, 1.82) is 0 Å². The molecule has 1 aliphatic carbocycles. The molecule has 1 aliphatic heterocycles. The van der Waals surface area contributed by atoms with Crippen LogP contribution in [0.2, 0.25) is 0 Å². The Kier molecular flexibility index (Phi) is 7.33. The molecule has 0 aromatic heterocycles. The fraction of sp³-hybridized carbons (Fsp3) is 0.440. The Morgan fingerprint density at radius 1 is 1.03 bits per heavy atom. The van der Waals surface area contributed by atoms with Crippen LogP contribution in [0.5, 0.6) is 0 Å². The second kappa shape index (κ2) is 10.2. The molecule has 7 nitrogen and oxygen atoms in total. The topological polar surface area (TPSA) is 95.6 Å². The maximum absolute atomic E-state index is 13.1. The van der Waals surface area contributed by atoms with Crippen LogP contribution in [0.1, 0.15) is 57.1 Å². The molecule has 1 heterocycles. The Labute approximate surface area is 199 Å². The number of benzene rings is 2. The van der Waals surface area contributed by atoms with Crippen molar-refractivity contribution in [1.82, 2.24) is 10.0 Å². The number of sulfonamides is 1. The molecule has 0 radical (unpaired) electrons. The number of hydrogen-bond donors (Lipinski definition) is 2. The van der Waals surface area contributed by atoms with E-state index in [0.717, 1.165) is 12.0 Å². The Hall–Kier alpha value is -2.78. The molecule has 1 saturated heterocycles. The molecule has 0 spiro atoms. The highest BCUT2D eigenvalue weighted by atomic mass is 32.2. The molecular weight excluding hydrogens is 457 g/mol. The van der Waals surface area contributed by atoms with Gasteiger partial charge in [-0.15, -0.1) is 0 Å². The summed E-state index contributed by atoms with van der Waals surface area (Å²) in [7, 11) is -3.69. The summed E-state index contributed by atoms with van der Waals surface area (Å²) in [4.78, 5) is 26.4. The van der Waals surface area contributed by atoms with Crippen LogP contribution in [0.25, 0.3) is 0 Å². The predicted octanol–water partition coefficient (Wildman–Crippen LogP) is 3.67. The predicted molar refractivity (Wildman–Crippen MR) is 127 cm³/mol. The molecule has 182 valence electrons. The summed E-state index contributed by atoms with van der Waals surface area (Å²) < 4.78 is 41.6. The monoisotopic (exact) mass is 487 g/mol. The maximum Gasteiger partial charge on any atom is 0.240 e. The molecule has 2 N–H and O–H groups in total. The van der Waals surface area contributed by atoms with Gasteiger partial charge in [0.05, 0.1) is 10.9 Å². The Balaban J connectivity index is 1.28. The summed E-state index contributed by atoms with van der Waals surface area (Å²) in [6.45, 7) is 2.51. The molecule has 2 amide bonds. The number of carbonyl (C=O) groups is 2. The molecule has 34 heavy (non-hydrogen) atoms. The minimum absolute atomic E-state index is 0.0570. The lowest BCUT2D eigenvalue weighted by molar-refractivity contribution is -0.126. The van der Waals surface area contributed by atoms with E-state index in [2.05, 4.69) is 10.0 Å². The smallest absolute Gasteiger partial charge is 0.240 e. The molecule has 2 aliphatic rings. The maximum atomic E-state index is 13.1. The highest BCUT2D eigenvalue weighted by Gasteiger charge is 2.30. The van der Waals surface area contributed by atoms with Gasteiger partial charge in [-0.3, -0.25) is 9.59 Å². The van der Waals surface area contributed by atoms with E-state index in [-0.39, 0.29) is 40.5 Å². The third-order valence-electron chi connectivity index (χ3n) is 6.68. The van der Waals surface area contributed by atoms with Crippen molar-refractivity contribution >= 4 is 27.5 Å². The summed E-state index contributed by atoms with van der Waals surface area (Å²) >= 11 is 0. The van der Waals surface area contributed by atoms with Crippen LogP contribution in [-0.2, 0) is 19.6 Å². The summed E-state index contributed by atoms with van der Waals surface area (Å²) in [6.07, 6.45) is 3.65. The molecule has 2 aromatic rings. The molecule has 9 heteroatoms. The van der Waals surface area contributed by atoms with Gasteiger partial charge in [0, 0.05) is 30.6 Å². The molecule has 0 unspecified atom stereocenters. The van der Waals surface area contributed by atoms with E-state index in [4.69, 9.17) is 0 Å². The number of anilines is 1. The van der Waals surface area contributed by atoms with Crippen LogP contribution >= 0.6 is 0 Å². The summed E-state index contributed by atoms with van der Waals surface area (Å²) in [6, 6.07) is 12.0. The van der Waals surface area contributed by atoms with Gasteiger partial charge in [-0.1, -0.05) is 12.1 Å². The van der Waals surface area contributed by atoms with E-state index in [0.29, 0.717) is 44.3 Å². The number of nitrogens with zero attached hydrogens (tertiary/aromatic N) is 1. The highest BCUT2D eigenvalue weighted by molar-refractivity contribution is 7.89. The first kappa shape index (κ1) is 24.3. The number of carbonyl (C=O) groups excluding carboxylic acids is 2. The Morgan fingerprint density at radius 3 is 2.26 bits per heavy atom. The van der Waals surface area contributed by atoms with Gasteiger partial charge in [0.1, 0.15) is 5.82 Å². The summed E-state index contributed by atoms with van der Waals surface area (Å²) in [5.41, 5.74) is 1.54. The highest BCUT2D eigenvalue weighted by Crippen LogP contribution is 2.28. The van der Waals surface area contributed by atoms with E-state index in [9.17, 15) is 22.4 Å². The third-order valence-corrected chi connectivity index (χ3v) is 8.22. The van der Waals surface area contributed by atoms with E-state index in [1.807, 2.05) is 6.92 Å². The molecular formula is C25H30FN3O4S. The average Bonchev–Trinajstić information content (AvgIpc) is 3.25. The summed E-state index contributed by atoms with van der Waals surface area (Å²) in [5.74, 6) is -0.506. The fourth-order valence-corrected chi connectivity index (χ4v) is 5.96. The van der Waals surface area contributed by atoms with E-state index < -0.39 is 10.0 Å². The van der Waals surface area contributed by atoms with Gasteiger partial charge in [-0.05, 0) is 81.0 Å². The molecule has 2 fully saturated rings. The van der Waals surface area contributed by atoms with Crippen LogP contribution in [0.4, 0.5) is 10.1 Å². The van der Waals surface area contributed by atoms with Crippen molar-refractivity contribution in [2.45, 2.75) is 62.4 Å². The second-order valence-electron chi connectivity index (χ2n) is 9.09. The van der Waals surface area contributed by atoms with Gasteiger partial charge in [0.2, 0.25) is 21.8 Å². The molecule has 1 saturated carbocycles. The van der Waals surface area contributed by atoms with Gasteiger partial charge in [-0.25, -0.2) is 17.5 Å². The van der Waals surface area contributed by atoms with Crippen LogP contribution in [-0.4, -0.2) is 32.8 Å². The molecule has 4 rings (SSSR count). The molecule has 0 bridgehead atoms. The van der Waals surface area contributed by atoms with Crippen LogP contribution in [0.15, 0.2) is 53.4 Å². The van der Waals surface area contributed by atoms with Crippen molar-refractivity contribution in [3.8, 4) is 0 Å². The third kappa shape index (κ3) is 5.64. The number of rotatable bonds is 7. The zero-order chi connectivity index (χ0) is 24.3. The van der Waals surface area contributed by atoms with Crippen molar-refractivity contribution in [2.75, 3.05) is 11.4 Å². The van der Waals surface area contributed by atoms with Crippen molar-refractivity contribution < 1.29 is 22.4 Å². The minimum Gasteiger partial charge on any atom is -0.349 e. The largest absolute Gasteiger partial charge is 0.349 e. The summed E-state index contributed by atoms with van der Waals surface area (Å²) in [5, 5.41) is 2.98. The standard InChI is InChI=1S/C25H30FN3O4S/c1-17(18-4-8-20(26)9-5-18)27-25(31)19-6-10-21(11-7-19)28-34(32,33)23-14-12-22(13-15-23)29-16-2-3-24(29)30/h4-5,8-9,12-15,17,19,21,28H,2-3,6-7,10-11,16H2,1H3,(H,27,31)/t17-,19?,21?/m1/s1. The molecule has 2 aromatic carbocycles. The van der Waals surface area contributed by atoms with Crippen LogP contribution in [0.3, 0.4) is 0 Å². The van der Waals surface area contributed by atoms with Crippen LogP contribution in [0, 0.1) is 11.7 Å². The SMILES string of the molecule is C[C@@H](NC(=O)C1CCC(NS(=O)(=O)c2ccc(N3CCCC3=O)cc2)CC1)c1ccc(F)cc1. The second-order valence-corrected chi connectivity index (χ2v) is 10.8. The lowest BCUT2D eigenvalue weighted by Gasteiger charge is -2.29. The number of halogens is 1. The van der Waals surface area contributed by atoms with E-state index in [1.54, 1.807) is 29.2 Å². The zero-order valence-electron chi connectivity index (χ0n) is 19.2. The average molecular weight is 488 g/mol. The first-order valence-electron chi connectivity index (χ1n) is 11.7. The zero-order valence-corrected chi connectivity index (χ0v) is 20.0. The van der Waals surface area contributed by atoms with Crippen molar-refractivity contribution in [3.63, 3.8) is 0 Å². The quantitative estimate of drug-likeness (QED) is 0.623. The van der Waals surface area contributed by atoms with Gasteiger partial charge in [0.15, 0.2) is 0 Å². The lowest BCUT2D eigenvalue weighted by atomic mass is 9.85. The van der Waals surface area contributed by atoms with E-state index in [1.165, 1.54) is 24.3 Å². The number of amides is 2.